The van der Waals surface area contributed by atoms with Crippen LogP contribution in [0.15, 0.2) is 40.9 Å². The molecule has 0 bridgehead atoms. The standard InChI is InChI=1S/C11H11FN4OS/c12-9-7(6-18-11-14-4-5-15-11)2-1-3-8(9)10(13)16-17/h1-5,17H,6H2,(H2,13,16)(H,14,15). The number of nitrogens with zero attached hydrogens (tertiary/aromatic N) is 2. The third kappa shape index (κ3) is 2.62. The van der Waals surface area contributed by atoms with Gasteiger partial charge in [-0.15, -0.1) is 0 Å². The van der Waals surface area contributed by atoms with Crippen LogP contribution in [0.1, 0.15) is 11.1 Å². The van der Waals surface area contributed by atoms with Gasteiger partial charge < -0.3 is 15.9 Å². The number of amidine groups is 1. The lowest BCUT2D eigenvalue weighted by Gasteiger charge is -2.06. The molecule has 0 radical (unpaired) electrons. The SMILES string of the molecule is N/C(=N/O)c1cccc(CSc2ncc[nH]2)c1F. The first-order chi connectivity index (χ1) is 8.72. The van der Waals surface area contributed by atoms with Crippen molar-refractivity contribution in [3.8, 4) is 0 Å². The van der Waals surface area contributed by atoms with Crippen LogP contribution < -0.4 is 5.73 Å². The van der Waals surface area contributed by atoms with Crippen molar-refractivity contribution in [3.05, 3.63) is 47.5 Å². The van der Waals surface area contributed by atoms with Crippen LogP contribution >= 0.6 is 11.8 Å². The lowest BCUT2D eigenvalue weighted by molar-refractivity contribution is 0.318. The van der Waals surface area contributed by atoms with E-state index in [2.05, 4.69) is 15.1 Å². The number of rotatable bonds is 4. The second kappa shape index (κ2) is 5.54. The maximum Gasteiger partial charge on any atom is 0.173 e. The van der Waals surface area contributed by atoms with Crippen LogP contribution in [0, 0.1) is 5.82 Å². The van der Waals surface area contributed by atoms with E-state index in [1.54, 1.807) is 24.5 Å². The topological polar surface area (TPSA) is 87.3 Å². The first-order valence-corrected chi connectivity index (χ1v) is 6.08. The summed E-state index contributed by atoms with van der Waals surface area (Å²) in [6, 6.07) is 4.78. The van der Waals surface area contributed by atoms with Gasteiger partial charge in [0, 0.05) is 18.1 Å². The quantitative estimate of drug-likeness (QED) is 0.259. The van der Waals surface area contributed by atoms with Gasteiger partial charge in [0.1, 0.15) is 5.82 Å². The molecule has 0 aliphatic rings. The number of nitrogens with two attached hydrogens (primary N) is 1. The molecule has 0 spiro atoms. The van der Waals surface area contributed by atoms with Gasteiger partial charge in [-0.05, 0) is 11.6 Å². The molecule has 0 fully saturated rings. The van der Waals surface area contributed by atoms with E-state index in [0.717, 1.165) is 0 Å². The molecule has 94 valence electrons. The number of halogens is 1. The van der Waals surface area contributed by atoms with Crippen molar-refractivity contribution < 1.29 is 9.60 Å². The summed E-state index contributed by atoms with van der Waals surface area (Å²) in [4.78, 5) is 6.95. The number of oxime groups is 1. The average Bonchev–Trinajstić information content (AvgIpc) is 2.90. The molecule has 0 unspecified atom stereocenters. The summed E-state index contributed by atoms with van der Waals surface area (Å²) >= 11 is 1.37. The minimum absolute atomic E-state index is 0.0926. The molecule has 5 nitrogen and oxygen atoms in total. The van der Waals surface area contributed by atoms with Crippen LogP contribution in [0.25, 0.3) is 0 Å². The van der Waals surface area contributed by atoms with Crippen molar-refractivity contribution in [2.24, 2.45) is 10.9 Å². The number of nitrogens with one attached hydrogen (secondary N) is 1. The van der Waals surface area contributed by atoms with E-state index in [1.165, 1.54) is 17.8 Å². The van der Waals surface area contributed by atoms with Crippen molar-refractivity contribution in [1.29, 1.82) is 0 Å². The molecule has 0 aliphatic heterocycles. The Morgan fingerprint density at radius 2 is 2.39 bits per heavy atom. The molecule has 1 aromatic heterocycles. The van der Waals surface area contributed by atoms with Gasteiger partial charge in [-0.25, -0.2) is 9.37 Å². The summed E-state index contributed by atoms with van der Waals surface area (Å²) in [5.41, 5.74) is 5.95. The van der Waals surface area contributed by atoms with E-state index in [4.69, 9.17) is 10.9 Å². The lowest BCUT2D eigenvalue weighted by Crippen LogP contribution is -2.15. The first-order valence-electron chi connectivity index (χ1n) is 5.10. The van der Waals surface area contributed by atoms with Gasteiger partial charge in [-0.2, -0.15) is 0 Å². The highest BCUT2D eigenvalue weighted by Crippen LogP contribution is 2.22. The van der Waals surface area contributed by atoms with Crippen LogP contribution in [0.3, 0.4) is 0 Å². The fraction of sp³-hybridized carbons (Fsp3) is 0.0909. The van der Waals surface area contributed by atoms with Crippen LogP contribution in [-0.4, -0.2) is 21.0 Å². The Morgan fingerprint density at radius 3 is 3.06 bits per heavy atom. The Morgan fingerprint density at radius 1 is 1.56 bits per heavy atom. The molecule has 2 rings (SSSR count). The number of thioether (sulfide) groups is 1. The van der Waals surface area contributed by atoms with Gasteiger partial charge in [0.25, 0.3) is 0 Å². The largest absolute Gasteiger partial charge is 0.409 e. The summed E-state index contributed by atoms with van der Waals surface area (Å²) in [5.74, 6) is -0.310. The van der Waals surface area contributed by atoms with Crippen molar-refractivity contribution in [2.75, 3.05) is 0 Å². The van der Waals surface area contributed by atoms with Gasteiger partial charge in [0.2, 0.25) is 0 Å². The molecule has 0 saturated carbocycles. The molecule has 4 N–H and O–H groups in total. The highest BCUT2D eigenvalue weighted by atomic mass is 32.2. The second-order valence-electron chi connectivity index (χ2n) is 3.45. The van der Waals surface area contributed by atoms with E-state index in [-0.39, 0.29) is 11.4 Å². The smallest absolute Gasteiger partial charge is 0.173 e. The van der Waals surface area contributed by atoms with Crippen molar-refractivity contribution in [1.82, 2.24) is 9.97 Å². The second-order valence-corrected chi connectivity index (χ2v) is 4.41. The molecular weight excluding hydrogens is 255 g/mol. The third-order valence-electron chi connectivity index (χ3n) is 2.30. The van der Waals surface area contributed by atoms with Crippen molar-refractivity contribution in [2.45, 2.75) is 10.9 Å². The molecule has 0 atom stereocenters. The van der Waals surface area contributed by atoms with Gasteiger partial charge >= 0.3 is 0 Å². The van der Waals surface area contributed by atoms with Crippen LogP contribution in [0.5, 0.6) is 0 Å². The zero-order chi connectivity index (χ0) is 13.0. The average molecular weight is 266 g/mol. The zero-order valence-electron chi connectivity index (χ0n) is 9.30. The molecule has 0 aliphatic carbocycles. The first kappa shape index (κ1) is 12.4. The Labute approximate surface area is 107 Å². The fourth-order valence-corrected chi connectivity index (χ4v) is 2.22. The number of hydrogen-bond acceptors (Lipinski definition) is 4. The normalized spacial score (nSPS) is 11.7. The molecule has 2 aromatic rings. The highest BCUT2D eigenvalue weighted by molar-refractivity contribution is 7.98. The summed E-state index contributed by atoms with van der Waals surface area (Å²) in [6.45, 7) is 0. The number of aromatic amines is 1. The van der Waals surface area contributed by atoms with E-state index in [1.807, 2.05) is 0 Å². The number of aromatic nitrogens is 2. The highest BCUT2D eigenvalue weighted by Gasteiger charge is 2.11. The maximum absolute atomic E-state index is 14.0. The molecule has 0 amide bonds. The summed E-state index contributed by atoms with van der Waals surface area (Å²) < 4.78 is 14.0. The van der Waals surface area contributed by atoms with E-state index in [9.17, 15) is 4.39 Å². The Kier molecular flexibility index (Phi) is 3.83. The van der Waals surface area contributed by atoms with E-state index < -0.39 is 5.82 Å². The van der Waals surface area contributed by atoms with E-state index in [0.29, 0.717) is 16.5 Å². The van der Waals surface area contributed by atoms with Gasteiger partial charge in [0.05, 0.1) is 5.56 Å². The van der Waals surface area contributed by atoms with Gasteiger partial charge in [-0.3, -0.25) is 0 Å². The summed E-state index contributed by atoms with van der Waals surface area (Å²) in [5, 5.41) is 12.1. The molecule has 7 heteroatoms. The van der Waals surface area contributed by atoms with Crippen molar-refractivity contribution >= 4 is 17.6 Å². The Hall–Kier alpha value is -2.02. The number of imidazole rings is 1. The summed E-state index contributed by atoms with van der Waals surface area (Å²) in [6.07, 6.45) is 3.33. The summed E-state index contributed by atoms with van der Waals surface area (Å²) in [7, 11) is 0. The molecule has 1 aromatic carbocycles. The molecule has 1 heterocycles. The zero-order valence-corrected chi connectivity index (χ0v) is 10.1. The van der Waals surface area contributed by atoms with Crippen molar-refractivity contribution in [3.63, 3.8) is 0 Å². The minimum atomic E-state index is -0.480. The fourth-order valence-electron chi connectivity index (χ4n) is 1.42. The predicted octanol–water partition coefficient (Wildman–Crippen LogP) is 1.94. The third-order valence-corrected chi connectivity index (χ3v) is 3.25. The number of H-pyrrole nitrogens is 1. The van der Waals surface area contributed by atoms with Crippen LogP contribution in [-0.2, 0) is 5.75 Å². The molecule has 18 heavy (non-hydrogen) atoms. The minimum Gasteiger partial charge on any atom is -0.409 e. The van der Waals surface area contributed by atoms with Gasteiger partial charge in [-0.1, -0.05) is 29.1 Å². The van der Waals surface area contributed by atoms with E-state index >= 15 is 0 Å². The maximum atomic E-state index is 14.0. The number of benzene rings is 1. The Balaban J connectivity index is 2.18. The predicted molar refractivity (Wildman–Crippen MR) is 67.1 cm³/mol. The molecular formula is C11H11FN4OS. The monoisotopic (exact) mass is 266 g/mol. The van der Waals surface area contributed by atoms with Crippen LogP contribution in [0.2, 0.25) is 0 Å². The Bertz CT molecular complexity index is 556. The molecule has 0 saturated heterocycles. The lowest BCUT2D eigenvalue weighted by atomic mass is 10.1. The van der Waals surface area contributed by atoms with Gasteiger partial charge in [0.15, 0.2) is 11.0 Å². The number of hydrogen-bond donors (Lipinski definition) is 3. The van der Waals surface area contributed by atoms with Crippen LogP contribution in [0.4, 0.5) is 4.39 Å².